The largest absolute Gasteiger partial charge is 0.442 e. The van der Waals surface area contributed by atoms with Gasteiger partial charge in [0.2, 0.25) is 0 Å². The van der Waals surface area contributed by atoms with Crippen LogP contribution < -0.4 is 0 Å². The second-order valence-electron chi connectivity index (χ2n) is 4.90. The maximum atomic E-state index is 11.2. The summed E-state index contributed by atoms with van der Waals surface area (Å²) in [4.78, 5) is 10.8. The smallest absolute Gasteiger partial charge is 0.400 e. The summed E-state index contributed by atoms with van der Waals surface area (Å²) in [6.45, 7) is 3.94. The fourth-order valence-corrected chi connectivity index (χ4v) is 2.33. The Bertz CT molecular complexity index is 800. The zero-order valence-electron chi connectivity index (χ0n) is 11.2. The van der Waals surface area contributed by atoms with Crippen LogP contribution in [0, 0.1) is 24.0 Å². The van der Waals surface area contributed by atoms with Gasteiger partial charge >= 0.3 is 5.88 Å². The van der Waals surface area contributed by atoms with Crippen molar-refractivity contribution in [3.8, 4) is 11.1 Å². The van der Waals surface area contributed by atoms with Crippen molar-refractivity contribution in [3.63, 3.8) is 0 Å². The SMILES string of the molecule is Cc1ccc(-c2c([N+](=O)[O-])oc3ccc(C)cc23)cc1. The summed E-state index contributed by atoms with van der Waals surface area (Å²) >= 11 is 0. The van der Waals surface area contributed by atoms with E-state index in [4.69, 9.17) is 4.42 Å². The predicted molar refractivity (Wildman–Crippen MR) is 77.8 cm³/mol. The predicted octanol–water partition coefficient (Wildman–Crippen LogP) is 4.62. The van der Waals surface area contributed by atoms with Crippen molar-refractivity contribution >= 4 is 16.9 Å². The third-order valence-corrected chi connectivity index (χ3v) is 3.33. The molecule has 0 aliphatic heterocycles. The van der Waals surface area contributed by atoms with Gasteiger partial charge in [0.05, 0.1) is 0 Å². The number of furan rings is 1. The third kappa shape index (κ3) is 1.95. The standard InChI is InChI=1S/C16H13NO3/c1-10-3-6-12(7-4-10)15-13-9-11(2)5-8-14(13)20-16(15)17(18)19/h3-9H,1-2H3. The first-order valence-corrected chi connectivity index (χ1v) is 6.31. The first-order chi connectivity index (χ1) is 9.56. The van der Waals surface area contributed by atoms with Gasteiger partial charge in [0.15, 0.2) is 0 Å². The van der Waals surface area contributed by atoms with Gasteiger partial charge in [-0.1, -0.05) is 41.5 Å². The highest BCUT2D eigenvalue weighted by Gasteiger charge is 2.25. The van der Waals surface area contributed by atoms with E-state index >= 15 is 0 Å². The summed E-state index contributed by atoms with van der Waals surface area (Å²) in [5.41, 5.74) is 4.04. The molecule has 20 heavy (non-hydrogen) atoms. The average molecular weight is 267 g/mol. The summed E-state index contributed by atoms with van der Waals surface area (Å²) in [6, 6.07) is 13.2. The second kappa shape index (κ2) is 4.49. The van der Waals surface area contributed by atoms with Crippen molar-refractivity contribution in [1.29, 1.82) is 0 Å². The lowest BCUT2D eigenvalue weighted by molar-refractivity contribution is -0.400. The normalized spacial score (nSPS) is 10.9. The summed E-state index contributed by atoms with van der Waals surface area (Å²) < 4.78 is 5.40. The Labute approximate surface area is 115 Å². The number of hydrogen-bond donors (Lipinski definition) is 0. The Morgan fingerprint density at radius 2 is 1.65 bits per heavy atom. The van der Waals surface area contributed by atoms with E-state index in [9.17, 15) is 10.1 Å². The number of rotatable bonds is 2. The van der Waals surface area contributed by atoms with Gasteiger partial charge < -0.3 is 4.42 Å². The van der Waals surface area contributed by atoms with Crippen LogP contribution in [0.5, 0.6) is 0 Å². The minimum atomic E-state index is -0.468. The van der Waals surface area contributed by atoms with E-state index < -0.39 is 4.92 Å². The molecule has 1 aromatic heterocycles. The quantitative estimate of drug-likeness (QED) is 0.502. The lowest BCUT2D eigenvalue weighted by atomic mass is 10.0. The van der Waals surface area contributed by atoms with Crippen LogP contribution in [0.3, 0.4) is 0 Å². The van der Waals surface area contributed by atoms with E-state index in [2.05, 4.69) is 0 Å². The molecule has 0 fully saturated rings. The molecule has 0 amide bonds. The lowest BCUT2D eigenvalue weighted by Gasteiger charge is -2.00. The topological polar surface area (TPSA) is 56.3 Å². The molecule has 3 rings (SSSR count). The molecule has 2 aromatic carbocycles. The van der Waals surface area contributed by atoms with Crippen LogP contribution >= 0.6 is 0 Å². The average Bonchev–Trinajstić information content (AvgIpc) is 2.78. The molecule has 0 saturated heterocycles. The molecule has 0 aliphatic rings. The van der Waals surface area contributed by atoms with Gasteiger partial charge in [0, 0.05) is 5.39 Å². The lowest BCUT2D eigenvalue weighted by Crippen LogP contribution is -1.88. The Balaban J connectivity index is 2.36. The number of benzene rings is 2. The van der Waals surface area contributed by atoms with Crippen molar-refractivity contribution in [1.82, 2.24) is 0 Å². The molecule has 0 spiro atoms. The van der Waals surface area contributed by atoms with Gasteiger partial charge in [0.25, 0.3) is 0 Å². The Morgan fingerprint density at radius 1 is 1.00 bits per heavy atom. The highest BCUT2D eigenvalue weighted by Crippen LogP contribution is 2.40. The van der Waals surface area contributed by atoms with Crippen molar-refractivity contribution < 1.29 is 9.34 Å². The number of nitrogens with zero attached hydrogens (tertiary/aromatic N) is 1. The molecule has 0 radical (unpaired) electrons. The van der Waals surface area contributed by atoms with Gasteiger partial charge in [-0.05, 0) is 31.5 Å². The Morgan fingerprint density at radius 3 is 2.30 bits per heavy atom. The Hall–Kier alpha value is -2.62. The van der Waals surface area contributed by atoms with E-state index in [0.29, 0.717) is 11.1 Å². The van der Waals surface area contributed by atoms with Crippen molar-refractivity contribution in [3.05, 3.63) is 63.7 Å². The van der Waals surface area contributed by atoms with Crippen LogP contribution in [0.25, 0.3) is 22.1 Å². The number of hydrogen-bond acceptors (Lipinski definition) is 3. The molecule has 100 valence electrons. The summed E-state index contributed by atoms with van der Waals surface area (Å²) in [7, 11) is 0. The van der Waals surface area contributed by atoms with E-state index in [1.807, 2.05) is 50.2 Å². The number of aryl methyl sites for hydroxylation is 2. The zero-order chi connectivity index (χ0) is 14.3. The molecule has 0 saturated carbocycles. The van der Waals surface area contributed by atoms with E-state index in [0.717, 1.165) is 22.1 Å². The molecule has 0 atom stereocenters. The number of fused-ring (bicyclic) bond motifs is 1. The van der Waals surface area contributed by atoms with Gasteiger partial charge in [-0.2, -0.15) is 0 Å². The van der Waals surface area contributed by atoms with Crippen LogP contribution in [0.2, 0.25) is 0 Å². The molecule has 4 heteroatoms. The minimum Gasteiger partial charge on any atom is -0.400 e. The second-order valence-corrected chi connectivity index (χ2v) is 4.90. The molecule has 0 N–H and O–H groups in total. The van der Waals surface area contributed by atoms with Crippen LogP contribution in [0.4, 0.5) is 5.88 Å². The highest BCUT2D eigenvalue weighted by atomic mass is 16.6. The van der Waals surface area contributed by atoms with E-state index in [-0.39, 0.29) is 5.88 Å². The molecule has 4 nitrogen and oxygen atoms in total. The van der Waals surface area contributed by atoms with Crippen molar-refractivity contribution in [2.45, 2.75) is 13.8 Å². The maximum Gasteiger partial charge on any atom is 0.442 e. The van der Waals surface area contributed by atoms with E-state index in [1.165, 1.54) is 0 Å². The molecule has 3 aromatic rings. The fraction of sp³-hybridized carbons (Fsp3) is 0.125. The Kier molecular flexibility index (Phi) is 2.79. The molecule has 0 unspecified atom stereocenters. The first kappa shape index (κ1) is 12.4. The molecular formula is C16H13NO3. The summed E-state index contributed by atoms with van der Waals surface area (Å²) in [5, 5.41) is 12.0. The maximum absolute atomic E-state index is 11.2. The third-order valence-electron chi connectivity index (χ3n) is 3.33. The first-order valence-electron chi connectivity index (χ1n) is 6.31. The number of nitro groups is 1. The molecule has 0 bridgehead atoms. The van der Waals surface area contributed by atoms with Gasteiger partial charge in [-0.15, -0.1) is 0 Å². The van der Waals surface area contributed by atoms with Gasteiger partial charge in [-0.3, -0.25) is 10.1 Å². The van der Waals surface area contributed by atoms with Crippen molar-refractivity contribution in [2.24, 2.45) is 0 Å². The van der Waals surface area contributed by atoms with Crippen LogP contribution in [-0.4, -0.2) is 4.92 Å². The summed E-state index contributed by atoms with van der Waals surface area (Å²) in [5.74, 6) is -0.200. The van der Waals surface area contributed by atoms with Gasteiger partial charge in [-0.25, -0.2) is 0 Å². The monoisotopic (exact) mass is 267 g/mol. The molecule has 1 heterocycles. The fourth-order valence-electron chi connectivity index (χ4n) is 2.33. The minimum absolute atomic E-state index is 0.200. The molecule has 0 aliphatic carbocycles. The van der Waals surface area contributed by atoms with Crippen LogP contribution in [0.1, 0.15) is 11.1 Å². The van der Waals surface area contributed by atoms with Crippen molar-refractivity contribution in [2.75, 3.05) is 0 Å². The highest BCUT2D eigenvalue weighted by molar-refractivity contribution is 5.98. The van der Waals surface area contributed by atoms with E-state index in [1.54, 1.807) is 6.07 Å². The summed E-state index contributed by atoms with van der Waals surface area (Å²) in [6.07, 6.45) is 0. The van der Waals surface area contributed by atoms with Crippen LogP contribution in [0.15, 0.2) is 46.9 Å². The zero-order valence-corrected chi connectivity index (χ0v) is 11.2. The van der Waals surface area contributed by atoms with Gasteiger partial charge in [0.1, 0.15) is 16.1 Å². The molecular weight excluding hydrogens is 254 g/mol. The van der Waals surface area contributed by atoms with Crippen LogP contribution in [-0.2, 0) is 0 Å².